The van der Waals surface area contributed by atoms with Crippen LogP contribution in [-0.4, -0.2) is 14.0 Å². The maximum atomic E-state index is 14.0. The molecule has 0 saturated carbocycles. The predicted octanol–water partition coefficient (Wildman–Crippen LogP) is 3.41. The Bertz CT molecular complexity index is 929. The van der Waals surface area contributed by atoms with E-state index >= 15 is 0 Å². The quantitative estimate of drug-likeness (QED) is 0.611. The fourth-order valence-electron chi connectivity index (χ4n) is 2.11. The Morgan fingerprint density at radius 1 is 1.18 bits per heavy atom. The first-order valence-corrected chi connectivity index (χ1v) is 6.70. The molecule has 0 amide bonds. The number of halogens is 5. The highest BCUT2D eigenvalue weighted by Crippen LogP contribution is 2.29. The van der Waals surface area contributed by atoms with Gasteiger partial charge in [-0.1, -0.05) is 15.9 Å². The van der Waals surface area contributed by atoms with E-state index in [1.54, 1.807) is 0 Å². The molecule has 2 heterocycles. The second-order valence-corrected chi connectivity index (χ2v) is 5.31. The van der Waals surface area contributed by atoms with E-state index in [2.05, 4.69) is 20.9 Å². The van der Waals surface area contributed by atoms with E-state index in [1.807, 2.05) is 0 Å². The van der Waals surface area contributed by atoms with Crippen LogP contribution < -0.4 is 5.56 Å². The van der Waals surface area contributed by atoms with E-state index in [0.29, 0.717) is 14.9 Å². The molecule has 0 saturated heterocycles. The van der Waals surface area contributed by atoms with Crippen LogP contribution in [0.1, 0.15) is 5.69 Å². The van der Waals surface area contributed by atoms with E-state index in [1.165, 1.54) is 12.1 Å². The number of hydrogen-bond donors (Lipinski definition) is 0. The lowest BCUT2D eigenvalue weighted by Gasteiger charge is -2.13. The highest BCUT2D eigenvalue weighted by Gasteiger charge is 2.35. The average Bonchev–Trinajstić information content (AvgIpc) is 2.87. The first-order valence-electron chi connectivity index (χ1n) is 5.91. The van der Waals surface area contributed by atoms with Crippen LogP contribution in [0.5, 0.6) is 0 Å². The molecule has 0 N–H and O–H groups in total. The van der Waals surface area contributed by atoms with Gasteiger partial charge in [-0.25, -0.2) is 13.9 Å². The Morgan fingerprint density at radius 3 is 2.55 bits per heavy atom. The summed E-state index contributed by atoms with van der Waals surface area (Å²) in [5, 5.41) is 0. The summed E-state index contributed by atoms with van der Waals surface area (Å²) >= 11 is 3.07. The largest absolute Gasteiger partial charge is 0.432 e. The summed E-state index contributed by atoms with van der Waals surface area (Å²) < 4.78 is 54.9. The number of rotatable bonds is 1. The van der Waals surface area contributed by atoms with Crippen molar-refractivity contribution in [2.45, 2.75) is 6.18 Å². The van der Waals surface area contributed by atoms with Gasteiger partial charge in [0.1, 0.15) is 11.5 Å². The molecule has 0 aliphatic carbocycles. The van der Waals surface area contributed by atoms with Crippen molar-refractivity contribution in [3.63, 3.8) is 0 Å². The molecule has 0 radical (unpaired) electrons. The smallest absolute Gasteiger partial charge is 0.280 e. The van der Waals surface area contributed by atoms with Gasteiger partial charge in [0, 0.05) is 22.9 Å². The van der Waals surface area contributed by atoms with E-state index in [4.69, 9.17) is 0 Å². The third-order valence-corrected chi connectivity index (χ3v) is 3.50. The lowest BCUT2D eigenvalue weighted by Crippen LogP contribution is -2.26. The Morgan fingerprint density at radius 2 is 1.91 bits per heavy atom. The minimum absolute atomic E-state index is 0.182. The van der Waals surface area contributed by atoms with E-state index < -0.39 is 23.2 Å². The van der Waals surface area contributed by atoms with Crippen molar-refractivity contribution in [3.8, 4) is 5.69 Å². The Labute approximate surface area is 128 Å². The maximum absolute atomic E-state index is 14.0. The second kappa shape index (κ2) is 4.94. The lowest BCUT2D eigenvalue weighted by molar-refractivity contribution is -0.142. The molecule has 0 aliphatic rings. The summed E-state index contributed by atoms with van der Waals surface area (Å²) in [4.78, 5) is 15.8. The molecule has 0 aliphatic heterocycles. The van der Waals surface area contributed by atoms with Gasteiger partial charge in [-0.3, -0.25) is 9.20 Å². The van der Waals surface area contributed by atoms with Gasteiger partial charge in [-0.2, -0.15) is 13.2 Å². The molecule has 3 rings (SSSR count). The Hall–Kier alpha value is -2.16. The number of nitrogens with zero attached hydrogens (tertiary/aromatic N) is 3. The van der Waals surface area contributed by atoms with Crippen LogP contribution in [0.2, 0.25) is 0 Å². The third kappa shape index (κ3) is 2.31. The molecular formula is C13H6BrF4N3O. The summed E-state index contributed by atoms with van der Waals surface area (Å²) in [6.07, 6.45) is -2.56. The van der Waals surface area contributed by atoms with E-state index in [9.17, 15) is 22.4 Å². The van der Waals surface area contributed by atoms with Gasteiger partial charge in [0.05, 0.1) is 5.69 Å². The molecule has 0 atom stereocenters. The molecule has 22 heavy (non-hydrogen) atoms. The van der Waals surface area contributed by atoms with Crippen molar-refractivity contribution in [3.05, 3.63) is 63.0 Å². The van der Waals surface area contributed by atoms with Crippen molar-refractivity contribution in [1.82, 2.24) is 14.0 Å². The van der Waals surface area contributed by atoms with Crippen molar-refractivity contribution in [2.24, 2.45) is 0 Å². The summed E-state index contributed by atoms with van der Waals surface area (Å²) in [5.41, 5.74) is -2.37. The Kier molecular flexibility index (Phi) is 3.32. The summed E-state index contributed by atoms with van der Waals surface area (Å²) in [7, 11) is 0. The van der Waals surface area contributed by atoms with E-state index in [-0.39, 0.29) is 11.5 Å². The van der Waals surface area contributed by atoms with Crippen molar-refractivity contribution >= 4 is 21.7 Å². The van der Waals surface area contributed by atoms with Crippen LogP contribution in [-0.2, 0) is 6.18 Å². The van der Waals surface area contributed by atoms with Crippen LogP contribution >= 0.6 is 15.9 Å². The lowest BCUT2D eigenvalue weighted by atomic mass is 10.3. The molecule has 2 aromatic heterocycles. The van der Waals surface area contributed by atoms with Gasteiger partial charge < -0.3 is 0 Å². The second-order valence-electron chi connectivity index (χ2n) is 4.39. The highest BCUT2D eigenvalue weighted by molar-refractivity contribution is 9.10. The van der Waals surface area contributed by atoms with Crippen molar-refractivity contribution in [1.29, 1.82) is 0 Å². The molecular weight excluding hydrogens is 370 g/mol. The molecule has 114 valence electrons. The molecule has 0 spiro atoms. The predicted molar refractivity (Wildman–Crippen MR) is 73.4 cm³/mol. The van der Waals surface area contributed by atoms with Crippen LogP contribution in [0.15, 0.2) is 45.9 Å². The SMILES string of the molecule is O=c1cc(C(F)(F)F)n2ccnc2n1-c1ccc(Br)cc1F. The highest BCUT2D eigenvalue weighted by atomic mass is 79.9. The number of fused-ring (bicyclic) bond motifs is 1. The van der Waals surface area contributed by atoms with Gasteiger partial charge in [-0.05, 0) is 18.2 Å². The van der Waals surface area contributed by atoms with Gasteiger partial charge in [0.2, 0.25) is 5.78 Å². The number of aromatic nitrogens is 3. The van der Waals surface area contributed by atoms with Crippen LogP contribution in [0.4, 0.5) is 17.6 Å². The Balaban J connectivity index is 2.40. The van der Waals surface area contributed by atoms with Gasteiger partial charge >= 0.3 is 6.18 Å². The molecule has 9 heteroatoms. The first-order chi connectivity index (χ1) is 10.3. The fourth-order valence-corrected chi connectivity index (χ4v) is 2.44. The minimum atomic E-state index is -4.73. The normalized spacial score (nSPS) is 12.0. The number of benzene rings is 1. The summed E-state index contributed by atoms with van der Waals surface area (Å²) in [6.45, 7) is 0. The fraction of sp³-hybridized carbons (Fsp3) is 0.0769. The van der Waals surface area contributed by atoms with E-state index in [0.717, 1.165) is 23.0 Å². The molecule has 3 aromatic rings. The van der Waals surface area contributed by atoms with Crippen LogP contribution in [0.25, 0.3) is 11.5 Å². The summed E-state index contributed by atoms with van der Waals surface area (Å²) in [5.74, 6) is -1.08. The van der Waals surface area contributed by atoms with Gasteiger partial charge in [-0.15, -0.1) is 0 Å². The molecule has 0 bridgehead atoms. The minimum Gasteiger partial charge on any atom is -0.280 e. The zero-order valence-electron chi connectivity index (χ0n) is 10.6. The molecule has 0 fully saturated rings. The van der Waals surface area contributed by atoms with Crippen LogP contribution in [0.3, 0.4) is 0 Å². The van der Waals surface area contributed by atoms with Crippen LogP contribution in [0, 0.1) is 5.82 Å². The number of imidazole rings is 1. The standard InChI is InChI=1S/C13H6BrF4N3O/c14-7-1-2-9(8(15)5-7)21-11(22)6-10(13(16,17)18)20-4-3-19-12(20)21/h1-6H. The average molecular weight is 376 g/mol. The zero-order chi connectivity index (χ0) is 16.1. The van der Waals surface area contributed by atoms with Gasteiger partial charge in [0.15, 0.2) is 0 Å². The zero-order valence-corrected chi connectivity index (χ0v) is 12.2. The first kappa shape index (κ1) is 14.8. The van der Waals surface area contributed by atoms with Crippen molar-refractivity contribution in [2.75, 3.05) is 0 Å². The third-order valence-electron chi connectivity index (χ3n) is 3.00. The monoisotopic (exact) mass is 375 g/mol. The topological polar surface area (TPSA) is 39.3 Å². The number of hydrogen-bond acceptors (Lipinski definition) is 2. The number of alkyl halides is 3. The molecule has 0 unspecified atom stereocenters. The maximum Gasteiger partial charge on any atom is 0.432 e. The summed E-state index contributed by atoms with van der Waals surface area (Å²) in [6, 6.07) is 4.28. The van der Waals surface area contributed by atoms with Gasteiger partial charge in [0.25, 0.3) is 5.56 Å². The molecule has 1 aromatic carbocycles. The molecule has 4 nitrogen and oxygen atoms in total. The van der Waals surface area contributed by atoms with Crippen molar-refractivity contribution < 1.29 is 17.6 Å².